The lowest BCUT2D eigenvalue weighted by atomic mass is 10.00. The molecule has 2 aliphatic heterocycles. The highest BCUT2D eigenvalue weighted by Crippen LogP contribution is 2.41. The maximum atomic E-state index is 11.8. The second kappa shape index (κ2) is 4.01. The Bertz CT molecular complexity index is 694. The monoisotopic (exact) mass is 283 g/mol. The van der Waals surface area contributed by atoms with Crippen molar-refractivity contribution in [3.05, 3.63) is 32.6 Å². The Hall–Kier alpha value is -1.97. The van der Waals surface area contributed by atoms with E-state index < -0.39 is 47.7 Å². The van der Waals surface area contributed by atoms with Crippen LogP contribution in [0.2, 0.25) is 0 Å². The minimum absolute atomic E-state index is 0.287. The number of carbonyl (C=O) groups is 1. The maximum Gasteiger partial charge on any atom is 0.330 e. The van der Waals surface area contributed by atoms with E-state index in [9.17, 15) is 24.6 Å². The Morgan fingerprint density at radius 1 is 1.45 bits per heavy atom. The molecule has 1 amide bonds. The van der Waals surface area contributed by atoms with Crippen molar-refractivity contribution in [3.63, 3.8) is 0 Å². The summed E-state index contributed by atoms with van der Waals surface area (Å²) in [5.74, 6) is -0.622. The number of rotatable bonds is 2. The van der Waals surface area contributed by atoms with Gasteiger partial charge in [0.05, 0.1) is 6.61 Å². The van der Waals surface area contributed by atoms with E-state index in [4.69, 9.17) is 4.74 Å². The molecule has 9 nitrogen and oxygen atoms in total. The van der Waals surface area contributed by atoms with Crippen LogP contribution in [0, 0.1) is 6.92 Å². The van der Waals surface area contributed by atoms with Gasteiger partial charge in [0.2, 0.25) is 0 Å². The highest BCUT2D eigenvalue weighted by Gasteiger charge is 2.66. The average Bonchev–Trinajstić information content (AvgIpc) is 2.81. The van der Waals surface area contributed by atoms with Crippen molar-refractivity contribution in [2.75, 3.05) is 6.61 Å². The van der Waals surface area contributed by atoms with E-state index in [1.165, 1.54) is 13.1 Å². The van der Waals surface area contributed by atoms with Crippen molar-refractivity contribution in [2.24, 2.45) is 0 Å². The van der Waals surface area contributed by atoms with Crippen LogP contribution in [0.1, 0.15) is 11.8 Å². The Balaban J connectivity index is 2.07. The summed E-state index contributed by atoms with van der Waals surface area (Å²) in [5.41, 5.74) is -2.71. The molecule has 2 fully saturated rings. The van der Waals surface area contributed by atoms with Crippen molar-refractivity contribution in [1.29, 1.82) is 0 Å². The van der Waals surface area contributed by atoms with Gasteiger partial charge in [0, 0.05) is 11.8 Å². The molecule has 0 saturated carbocycles. The molecule has 3 heterocycles. The summed E-state index contributed by atoms with van der Waals surface area (Å²) in [6.45, 7) is 0.808. The molecular weight excluding hydrogens is 270 g/mol. The summed E-state index contributed by atoms with van der Waals surface area (Å²) >= 11 is 0. The van der Waals surface area contributed by atoms with Gasteiger partial charge < -0.3 is 20.3 Å². The highest BCUT2D eigenvalue weighted by molar-refractivity contribution is 5.90. The number of nitrogens with one attached hydrogen (secondary N) is 2. The average molecular weight is 283 g/mol. The zero-order valence-corrected chi connectivity index (χ0v) is 10.5. The summed E-state index contributed by atoms with van der Waals surface area (Å²) in [6.07, 6.45) is -0.974. The number of fused-ring (bicyclic) bond motifs is 2. The predicted octanol–water partition coefficient (Wildman–Crippen LogP) is -3.04. The molecule has 2 aliphatic rings. The predicted molar refractivity (Wildman–Crippen MR) is 63.9 cm³/mol. The number of aliphatic hydroxyl groups is 2. The molecule has 0 aliphatic carbocycles. The quantitative estimate of drug-likeness (QED) is 0.456. The molecule has 0 radical (unpaired) electrons. The Labute approximate surface area is 111 Å². The van der Waals surface area contributed by atoms with Crippen molar-refractivity contribution in [3.8, 4) is 0 Å². The molecule has 1 aromatic heterocycles. The first kappa shape index (κ1) is 13.0. The number of ether oxygens (including phenoxy) is 1. The first-order valence-electron chi connectivity index (χ1n) is 6.00. The zero-order valence-electron chi connectivity index (χ0n) is 10.5. The number of aromatic nitrogens is 2. The number of hydrogen-bond donors (Lipinski definition) is 4. The number of aryl methyl sites for hydroxylation is 1. The van der Waals surface area contributed by atoms with Crippen molar-refractivity contribution in [2.45, 2.75) is 30.9 Å². The fourth-order valence-corrected chi connectivity index (χ4v) is 2.62. The van der Waals surface area contributed by atoms with Gasteiger partial charge in [-0.25, -0.2) is 4.79 Å². The molecule has 0 aromatic carbocycles. The van der Waals surface area contributed by atoms with Gasteiger partial charge in [-0.2, -0.15) is 0 Å². The van der Waals surface area contributed by atoms with Crippen LogP contribution in [0.3, 0.4) is 0 Å². The summed E-state index contributed by atoms with van der Waals surface area (Å²) in [5, 5.41) is 21.8. The fraction of sp³-hybridized carbons (Fsp3) is 0.545. The number of hydrogen-bond acceptors (Lipinski definition) is 6. The minimum Gasteiger partial charge on any atom is -0.393 e. The van der Waals surface area contributed by atoms with E-state index in [0.29, 0.717) is 0 Å². The lowest BCUT2D eigenvalue weighted by molar-refractivity contribution is -0.169. The van der Waals surface area contributed by atoms with E-state index in [0.717, 1.165) is 4.57 Å². The Kier molecular flexibility index (Phi) is 2.61. The van der Waals surface area contributed by atoms with Crippen LogP contribution in [0.5, 0.6) is 0 Å². The van der Waals surface area contributed by atoms with Gasteiger partial charge in [0.15, 0.2) is 11.8 Å². The summed E-state index contributed by atoms with van der Waals surface area (Å²) in [6, 6.07) is -0.863. The third-order valence-electron chi connectivity index (χ3n) is 3.79. The minimum atomic E-state index is -1.77. The van der Waals surface area contributed by atoms with Gasteiger partial charge >= 0.3 is 5.69 Å². The number of H-pyrrole nitrogens is 1. The topological polar surface area (TPSA) is 134 Å². The van der Waals surface area contributed by atoms with Crippen molar-refractivity contribution in [1.82, 2.24) is 14.9 Å². The van der Waals surface area contributed by atoms with Gasteiger partial charge in [-0.3, -0.25) is 19.1 Å². The number of amides is 1. The molecular formula is C11H13N3O6. The van der Waals surface area contributed by atoms with Crippen molar-refractivity contribution >= 4 is 5.91 Å². The van der Waals surface area contributed by atoms with E-state index in [-0.39, 0.29) is 5.56 Å². The number of morpholine rings is 1. The molecule has 1 unspecified atom stereocenters. The van der Waals surface area contributed by atoms with Crippen LogP contribution in [-0.4, -0.2) is 50.0 Å². The van der Waals surface area contributed by atoms with Crippen LogP contribution in [0.4, 0.5) is 0 Å². The third kappa shape index (κ3) is 1.45. The number of aromatic amines is 1. The van der Waals surface area contributed by atoms with Gasteiger partial charge in [-0.1, -0.05) is 0 Å². The third-order valence-corrected chi connectivity index (χ3v) is 3.79. The largest absolute Gasteiger partial charge is 0.393 e. The second-order valence-electron chi connectivity index (χ2n) is 4.98. The smallest absolute Gasteiger partial charge is 0.330 e. The van der Waals surface area contributed by atoms with Crippen LogP contribution in [0.15, 0.2) is 15.8 Å². The fourth-order valence-electron chi connectivity index (χ4n) is 2.62. The molecule has 4 N–H and O–H groups in total. The standard InChI is InChI=1S/C11H13N3O6/c1-4-2-14(10(19)13-7(4)17)8-5-6(16)11(3-15,20-8)9(18)12-5/h2,5-6,8,15-16H,3H2,1H3,(H,12,18)(H,13,17,19)/t5?,6-,8-,11-/m1/s1. The highest BCUT2D eigenvalue weighted by atomic mass is 16.6. The van der Waals surface area contributed by atoms with E-state index in [1.54, 1.807) is 0 Å². The van der Waals surface area contributed by atoms with Crippen LogP contribution in [-0.2, 0) is 9.53 Å². The molecule has 20 heavy (non-hydrogen) atoms. The molecule has 108 valence electrons. The molecule has 9 heteroatoms. The summed E-state index contributed by atoms with van der Waals surface area (Å²) < 4.78 is 6.50. The summed E-state index contributed by atoms with van der Waals surface area (Å²) in [7, 11) is 0. The maximum absolute atomic E-state index is 11.8. The van der Waals surface area contributed by atoms with Gasteiger partial charge in [-0.05, 0) is 6.92 Å². The van der Waals surface area contributed by atoms with Crippen molar-refractivity contribution < 1.29 is 19.7 Å². The molecule has 1 aromatic rings. The van der Waals surface area contributed by atoms with Crippen LogP contribution in [0.25, 0.3) is 0 Å². The lowest BCUT2D eigenvalue weighted by Gasteiger charge is -2.29. The first-order chi connectivity index (χ1) is 9.40. The van der Waals surface area contributed by atoms with E-state index in [2.05, 4.69) is 10.3 Å². The van der Waals surface area contributed by atoms with Crippen LogP contribution >= 0.6 is 0 Å². The lowest BCUT2D eigenvalue weighted by Crippen LogP contribution is -2.52. The molecule has 4 atom stereocenters. The Morgan fingerprint density at radius 3 is 2.75 bits per heavy atom. The Morgan fingerprint density at radius 2 is 2.15 bits per heavy atom. The number of aliphatic hydroxyl groups excluding tert-OH is 2. The van der Waals surface area contributed by atoms with Gasteiger partial charge in [0.1, 0.15) is 12.1 Å². The molecule has 2 saturated heterocycles. The van der Waals surface area contributed by atoms with Crippen LogP contribution < -0.4 is 16.6 Å². The summed E-state index contributed by atoms with van der Waals surface area (Å²) in [4.78, 5) is 36.9. The molecule has 2 bridgehead atoms. The van der Waals surface area contributed by atoms with E-state index >= 15 is 0 Å². The first-order valence-corrected chi connectivity index (χ1v) is 6.00. The van der Waals surface area contributed by atoms with Gasteiger partial charge in [0.25, 0.3) is 11.5 Å². The number of nitrogens with zero attached hydrogens (tertiary/aromatic N) is 1. The van der Waals surface area contributed by atoms with E-state index in [1.807, 2.05) is 0 Å². The van der Waals surface area contributed by atoms with Gasteiger partial charge in [-0.15, -0.1) is 0 Å². The molecule has 3 rings (SSSR count). The number of carbonyl (C=O) groups excluding carboxylic acids is 1. The normalized spacial score (nSPS) is 35.4. The molecule has 0 spiro atoms. The SMILES string of the molecule is Cc1cn([C@@H]2O[C@@]3(CO)C(=O)NC2[C@H]3O)c(=O)[nH]c1=O. The zero-order chi connectivity index (χ0) is 14.7. The second-order valence-corrected chi connectivity index (χ2v) is 4.98.